The molecule has 0 bridgehead atoms. The van der Waals surface area contributed by atoms with Crippen molar-refractivity contribution in [2.45, 2.75) is 24.9 Å². The molecule has 0 aliphatic heterocycles. The first-order chi connectivity index (χ1) is 7.88. The van der Waals surface area contributed by atoms with Gasteiger partial charge in [-0.1, -0.05) is 17.7 Å². The molecule has 0 saturated carbocycles. The van der Waals surface area contributed by atoms with Crippen LogP contribution in [0.25, 0.3) is 0 Å². The van der Waals surface area contributed by atoms with Gasteiger partial charge in [0, 0.05) is 10.6 Å². The van der Waals surface area contributed by atoms with E-state index >= 15 is 0 Å². The minimum absolute atomic E-state index is 0.109. The number of hydrogen-bond acceptors (Lipinski definition) is 2. The normalized spacial score (nSPS) is 11.8. The summed E-state index contributed by atoms with van der Waals surface area (Å²) in [5.41, 5.74) is 2.32. The fraction of sp³-hybridized carbons (Fsp3) is 0.500. The molecule has 0 saturated heterocycles. The summed E-state index contributed by atoms with van der Waals surface area (Å²) in [5.74, 6) is 0.528. The first-order valence-corrected chi connectivity index (χ1v) is 6.21. The molecular weight excluding hydrogens is 249 g/mol. The van der Waals surface area contributed by atoms with Crippen molar-refractivity contribution in [1.82, 2.24) is 0 Å². The number of hydrogen-bond donors (Lipinski definition) is 0. The van der Waals surface area contributed by atoms with Crippen molar-refractivity contribution in [1.29, 1.82) is 0 Å². The lowest BCUT2D eigenvalue weighted by Gasteiger charge is -2.08. The Bertz CT molecular complexity index is 363. The third kappa shape index (κ3) is 5.98. The van der Waals surface area contributed by atoms with Gasteiger partial charge in [0.05, 0.1) is 6.61 Å². The Hall–Kier alpha value is -0.680. The van der Waals surface area contributed by atoms with Crippen molar-refractivity contribution >= 4 is 11.8 Å². The van der Waals surface area contributed by atoms with E-state index in [-0.39, 0.29) is 6.61 Å². The maximum Gasteiger partial charge on any atom is 0.411 e. The molecule has 1 aromatic rings. The van der Waals surface area contributed by atoms with Gasteiger partial charge < -0.3 is 4.74 Å². The monoisotopic (exact) mass is 264 g/mol. The maximum atomic E-state index is 11.8. The van der Waals surface area contributed by atoms with E-state index in [1.807, 2.05) is 26.0 Å². The van der Waals surface area contributed by atoms with E-state index in [1.165, 1.54) is 17.3 Å². The Balaban J connectivity index is 2.27. The van der Waals surface area contributed by atoms with Gasteiger partial charge in [0.25, 0.3) is 0 Å². The van der Waals surface area contributed by atoms with Gasteiger partial charge in [-0.05, 0) is 25.5 Å². The van der Waals surface area contributed by atoms with Gasteiger partial charge >= 0.3 is 6.18 Å². The Morgan fingerprint density at radius 2 is 1.94 bits per heavy atom. The third-order valence-electron chi connectivity index (χ3n) is 2.08. The quantitative estimate of drug-likeness (QED) is 0.588. The molecular formula is C12H15F3OS. The second-order valence-electron chi connectivity index (χ2n) is 3.79. The highest BCUT2D eigenvalue weighted by Gasteiger charge is 2.27. The van der Waals surface area contributed by atoms with Crippen molar-refractivity contribution in [2.24, 2.45) is 0 Å². The van der Waals surface area contributed by atoms with Crippen LogP contribution in [0.3, 0.4) is 0 Å². The molecule has 0 heterocycles. The molecule has 0 unspecified atom stereocenters. The van der Waals surface area contributed by atoms with Crippen LogP contribution in [0.15, 0.2) is 23.1 Å². The van der Waals surface area contributed by atoms with Gasteiger partial charge in [-0.15, -0.1) is 11.8 Å². The van der Waals surface area contributed by atoms with Gasteiger partial charge in [0.15, 0.2) is 0 Å². The van der Waals surface area contributed by atoms with Crippen molar-refractivity contribution in [3.05, 3.63) is 29.3 Å². The predicted octanol–water partition coefficient (Wildman–Crippen LogP) is 3.97. The molecule has 96 valence electrons. The van der Waals surface area contributed by atoms with E-state index in [1.54, 1.807) is 0 Å². The molecule has 0 radical (unpaired) electrons. The zero-order chi connectivity index (χ0) is 12.9. The lowest BCUT2D eigenvalue weighted by atomic mass is 10.2. The number of ether oxygens (including phenoxy) is 1. The molecule has 0 aliphatic carbocycles. The Morgan fingerprint density at radius 3 is 2.53 bits per heavy atom. The summed E-state index contributed by atoms with van der Waals surface area (Å²) in [6.45, 7) is 2.94. The average molecular weight is 264 g/mol. The third-order valence-corrected chi connectivity index (χ3v) is 3.22. The molecule has 0 spiro atoms. The summed E-state index contributed by atoms with van der Waals surface area (Å²) >= 11 is 1.51. The molecule has 1 nitrogen and oxygen atoms in total. The van der Waals surface area contributed by atoms with Crippen LogP contribution in [0.5, 0.6) is 0 Å². The Labute approximate surface area is 103 Å². The van der Waals surface area contributed by atoms with Crippen LogP contribution in [0.1, 0.15) is 11.1 Å². The number of aryl methyl sites for hydroxylation is 2. The van der Waals surface area contributed by atoms with Crippen LogP contribution in [0.2, 0.25) is 0 Å². The van der Waals surface area contributed by atoms with Crippen LogP contribution in [0, 0.1) is 13.8 Å². The molecule has 17 heavy (non-hydrogen) atoms. The van der Waals surface area contributed by atoms with Crippen molar-refractivity contribution in [2.75, 3.05) is 19.0 Å². The van der Waals surface area contributed by atoms with Crippen molar-refractivity contribution in [3.63, 3.8) is 0 Å². The van der Waals surface area contributed by atoms with E-state index < -0.39 is 12.8 Å². The zero-order valence-corrected chi connectivity index (χ0v) is 10.6. The largest absolute Gasteiger partial charge is 0.411 e. The summed E-state index contributed by atoms with van der Waals surface area (Å²) in [7, 11) is 0. The molecule has 0 atom stereocenters. The number of halogens is 3. The summed E-state index contributed by atoms with van der Waals surface area (Å²) in [5, 5.41) is 0. The van der Waals surface area contributed by atoms with E-state index in [2.05, 4.69) is 10.8 Å². The summed E-state index contributed by atoms with van der Waals surface area (Å²) < 4.78 is 39.9. The van der Waals surface area contributed by atoms with Gasteiger partial charge in [-0.2, -0.15) is 13.2 Å². The number of rotatable bonds is 5. The molecule has 0 fully saturated rings. The topological polar surface area (TPSA) is 9.23 Å². The molecule has 0 aliphatic rings. The minimum Gasteiger partial charge on any atom is -0.371 e. The summed E-state index contributed by atoms with van der Waals surface area (Å²) in [6.07, 6.45) is -4.23. The van der Waals surface area contributed by atoms with Gasteiger partial charge in [0.2, 0.25) is 0 Å². The van der Waals surface area contributed by atoms with Crippen LogP contribution in [-0.4, -0.2) is 25.1 Å². The fourth-order valence-corrected chi connectivity index (χ4v) is 2.23. The Kier molecular flexibility index (Phi) is 5.33. The minimum atomic E-state index is -4.23. The first-order valence-electron chi connectivity index (χ1n) is 5.23. The Morgan fingerprint density at radius 1 is 1.24 bits per heavy atom. The van der Waals surface area contributed by atoms with Gasteiger partial charge in [-0.25, -0.2) is 0 Å². The molecule has 0 amide bonds. The van der Waals surface area contributed by atoms with Crippen LogP contribution >= 0.6 is 11.8 Å². The molecule has 0 N–H and O–H groups in total. The van der Waals surface area contributed by atoms with E-state index in [0.717, 1.165) is 10.5 Å². The van der Waals surface area contributed by atoms with Crippen molar-refractivity contribution in [3.8, 4) is 0 Å². The van der Waals surface area contributed by atoms with Crippen molar-refractivity contribution < 1.29 is 17.9 Å². The summed E-state index contributed by atoms with van der Waals surface area (Å²) in [4.78, 5) is 1.09. The van der Waals surface area contributed by atoms with E-state index in [4.69, 9.17) is 0 Å². The average Bonchev–Trinajstić information content (AvgIpc) is 2.18. The maximum absolute atomic E-state index is 11.8. The number of benzene rings is 1. The second-order valence-corrected chi connectivity index (χ2v) is 4.92. The standard InChI is InChI=1S/C12H15F3OS/c1-9-3-4-11(10(2)7-9)17-6-5-16-8-12(13,14)15/h3-4,7H,5-6,8H2,1-2H3. The van der Waals surface area contributed by atoms with E-state index in [0.29, 0.717) is 5.75 Å². The van der Waals surface area contributed by atoms with Crippen LogP contribution < -0.4 is 0 Å². The predicted molar refractivity (Wildman–Crippen MR) is 63.5 cm³/mol. The van der Waals surface area contributed by atoms with Crippen LogP contribution in [0.4, 0.5) is 13.2 Å². The van der Waals surface area contributed by atoms with Gasteiger partial charge in [-0.3, -0.25) is 0 Å². The molecule has 0 aromatic heterocycles. The SMILES string of the molecule is Cc1ccc(SCCOCC(F)(F)F)c(C)c1. The van der Waals surface area contributed by atoms with Gasteiger partial charge in [0.1, 0.15) is 6.61 Å². The lowest BCUT2D eigenvalue weighted by molar-refractivity contribution is -0.172. The lowest BCUT2D eigenvalue weighted by Crippen LogP contribution is -2.17. The number of alkyl halides is 3. The number of thioether (sulfide) groups is 1. The van der Waals surface area contributed by atoms with Crippen LogP contribution in [-0.2, 0) is 4.74 Å². The highest BCUT2D eigenvalue weighted by Crippen LogP contribution is 2.23. The fourth-order valence-electron chi connectivity index (χ4n) is 1.36. The summed E-state index contributed by atoms with van der Waals surface area (Å²) in [6, 6.07) is 6.03. The molecule has 1 rings (SSSR count). The molecule has 1 aromatic carbocycles. The smallest absolute Gasteiger partial charge is 0.371 e. The van der Waals surface area contributed by atoms with E-state index in [9.17, 15) is 13.2 Å². The highest BCUT2D eigenvalue weighted by atomic mass is 32.2. The second kappa shape index (κ2) is 6.31. The first kappa shape index (κ1) is 14.4. The molecule has 5 heteroatoms. The zero-order valence-electron chi connectivity index (χ0n) is 9.80. The highest BCUT2D eigenvalue weighted by molar-refractivity contribution is 7.99.